The zero-order chi connectivity index (χ0) is 9.90. The van der Waals surface area contributed by atoms with E-state index in [2.05, 4.69) is 31.2 Å². The van der Waals surface area contributed by atoms with Crippen LogP contribution in [0.4, 0.5) is 0 Å². The van der Waals surface area contributed by atoms with Crippen molar-refractivity contribution in [2.75, 3.05) is 0 Å². The SMILES string of the molecule is CCC(C)(C)NCc1nocc1C. The number of aromatic nitrogens is 1. The number of rotatable bonds is 4. The van der Waals surface area contributed by atoms with Crippen LogP contribution in [0.25, 0.3) is 0 Å². The summed E-state index contributed by atoms with van der Waals surface area (Å²) in [6.07, 6.45) is 2.78. The van der Waals surface area contributed by atoms with Gasteiger partial charge in [-0.25, -0.2) is 0 Å². The maximum atomic E-state index is 4.85. The van der Waals surface area contributed by atoms with Crippen LogP contribution in [0, 0.1) is 6.92 Å². The van der Waals surface area contributed by atoms with Crippen LogP contribution in [-0.2, 0) is 6.54 Å². The van der Waals surface area contributed by atoms with Gasteiger partial charge in [-0.15, -0.1) is 0 Å². The molecule has 1 heterocycles. The summed E-state index contributed by atoms with van der Waals surface area (Å²) in [6.45, 7) is 9.32. The van der Waals surface area contributed by atoms with Crippen LogP contribution < -0.4 is 5.32 Å². The second-order valence-electron chi connectivity index (χ2n) is 4.04. The first-order valence-electron chi connectivity index (χ1n) is 4.70. The van der Waals surface area contributed by atoms with Crippen molar-refractivity contribution in [3.8, 4) is 0 Å². The Hall–Kier alpha value is -0.830. The molecule has 0 atom stereocenters. The van der Waals surface area contributed by atoms with Gasteiger partial charge in [0.2, 0.25) is 0 Å². The van der Waals surface area contributed by atoms with Gasteiger partial charge in [0.25, 0.3) is 0 Å². The number of aryl methyl sites for hydroxylation is 1. The van der Waals surface area contributed by atoms with Crippen LogP contribution in [-0.4, -0.2) is 10.7 Å². The summed E-state index contributed by atoms with van der Waals surface area (Å²) in [5.41, 5.74) is 2.28. The first kappa shape index (κ1) is 10.3. The van der Waals surface area contributed by atoms with Gasteiger partial charge in [-0.3, -0.25) is 0 Å². The maximum absolute atomic E-state index is 4.85. The minimum Gasteiger partial charge on any atom is -0.364 e. The third-order valence-corrected chi connectivity index (χ3v) is 2.47. The van der Waals surface area contributed by atoms with E-state index in [4.69, 9.17) is 4.52 Å². The van der Waals surface area contributed by atoms with Gasteiger partial charge in [0.05, 0.1) is 0 Å². The Labute approximate surface area is 79.5 Å². The monoisotopic (exact) mass is 182 g/mol. The van der Waals surface area contributed by atoms with Gasteiger partial charge in [-0.1, -0.05) is 12.1 Å². The highest BCUT2D eigenvalue weighted by molar-refractivity contribution is 5.11. The molecule has 74 valence electrons. The fraction of sp³-hybridized carbons (Fsp3) is 0.700. The molecule has 1 N–H and O–H groups in total. The number of nitrogens with one attached hydrogen (secondary N) is 1. The third-order valence-electron chi connectivity index (χ3n) is 2.47. The lowest BCUT2D eigenvalue weighted by Gasteiger charge is -2.23. The summed E-state index contributed by atoms with van der Waals surface area (Å²) in [6, 6.07) is 0. The summed E-state index contributed by atoms with van der Waals surface area (Å²) in [5, 5.41) is 7.35. The molecule has 0 aliphatic rings. The van der Waals surface area contributed by atoms with Crippen molar-refractivity contribution in [2.24, 2.45) is 0 Å². The van der Waals surface area contributed by atoms with Crippen molar-refractivity contribution < 1.29 is 4.52 Å². The van der Waals surface area contributed by atoms with E-state index in [0.29, 0.717) is 0 Å². The zero-order valence-electron chi connectivity index (χ0n) is 8.85. The summed E-state index contributed by atoms with van der Waals surface area (Å²) < 4.78 is 4.85. The molecular weight excluding hydrogens is 164 g/mol. The summed E-state index contributed by atoms with van der Waals surface area (Å²) in [5.74, 6) is 0. The highest BCUT2D eigenvalue weighted by Gasteiger charge is 2.14. The molecule has 1 rings (SSSR count). The fourth-order valence-electron chi connectivity index (χ4n) is 0.929. The fourth-order valence-corrected chi connectivity index (χ4v) is 0.929. The van der Waals surface area contributed by atoms with E-state index in [1.165, 1.54) is 0 Å². The molecule has 0 aliphatic carbocycles. The predicted octanol–water partition coefficient (Wildman–Crippen LogP) is 2.26. The lowest BCUT2D eigenvalue weighted by molar-refractivity contribution is 0.359. The molecule has 0 radical (unpaired) electrons. The normalized spacial score (nSPS) is 12.0. The Kier molecular flexibility index (Phi) is 3.09. The van der Waals surface area contributed by atoms with E-state index in [1.807, 2.05) is 6.92 Å². The van der Waals surface area contributed by atoms with Crippen LogP contribution in [0.15, 0.2) is 10.8 Å². The van der Waals surface area contributed by atoms with E-state index in [0.717, 1.165) is 24.2 Å². The molecule has 1 aromatic heterocycles. The second kappa shape index (κ2) is 3.92. The van der Waals surface area contributed by atoms with Gasteiger partial charge in [-0.05, 0) is 27.2 Å². The first-order chi connectivity index (χ1) is 6.05. The van der Waals surface area contributed by atoms with Crippen LogP contribution in [0.2, 0.25) is 0 Å². The molecule has 0 amide bonds. The topological polar surface area (TPSA) is 38.1 Å². The molecular formula is C10H18N2O. The van der Waals surface area contributed by atoms with E-state index in [9.17, 15) is 0 Å². The third kappa shape index (κ3) is 2.84. The average Bonchev–Trinajstić information content (AvgIpc) is 2.48. The molecule has 13 heavy (non-hydrogen) atoms. The molecule has 0 saturated carbocycles. The van der Waals surface area contributed by atoms with Crippen molar-refractivity contribution in [2.45, 2.75) is 46.2 Å². The first-order valence-corrected chi connectivity index (χ1v) is 4.70. The highest BCUT2D eigenvalue weighted by atomic mass is 16.5. The standard InChI is InChI=1S/C10H18N2O/c1-5-10(3,4)11-6-9-8(2)7-13-12-9/h7,11H,5-6H2,1-4H3. The summed E-state index contributed by atoms with van der Waals surface area (Å²) in [4.78, 5) is 0. The van der Waals surface area contributed by atoms with Crippen LogP contribution >= 0.6 is 0 Å². The Morgan fingerprint density at radius 3 is 2.69 bits per heavy atom. The van der Waals surface area contributed by atoms with E-state index in [1.54, 1.807) is 6.26 Å². The Bertz CT molecular complexity index is 266. The van der Waals surface area contributed by atoms with Gasteiger partial charge in [0.15, 0.2) is 0 Å². The van der Waals surface area contributed by atoms with Gasteiger partial charge in [0, 0.05) is 17.6 Å². The average molecular weight is 182 g/mol. The van der Waals surface area contributed by atoms with Crippen LogP contribution in [0.5, 0.6) is 0 Å². The van der Waals surface area contributed by atoms with Crippen molar-refractivity contribution in [3.63, 3.8) is 0 Å². The predicted molar refractivity (Wildman–Crippen MR) is 52.4 cm³/mol. The van der Waals surface area contributed by atoms with Crippen molar-refractivity contribution in [3.05, 3.63) is 17.5 Å². The van der Waals surface area contributed by atoms with Gasteiger partial charge in [-0.2, -0.15) is 0 Å². The van der Waals surface area contributed by atoms with Gasteiger partial charge in [0.1, 0.15) is 12.0 Å². The largest absolute Gasteiger partial charge is 0.364 e. The lowest BCUT2D eigenvalue weighted by atomic mass is 10.0. The Morgan fingerprint density at radius 1 is 1.54 bits per heavy atom. The van der Waals surface area contributed by atoms with Crippen molar-refractivity contribution in [1.82, 2.24) is 10.5 Å². The van der Waals surface area contributed by atoms with E-state index >= 15 is 0 Å². The molecule has 0 aromatic carbocycles. The summed E-state index contributed by atoms with van der Waals surface area (Å²) in [7, 11) is 0. The number of hydrogen-bond acceptors (Lipinski definition) is 3. The quantitative estimate of drug-likeness (QED) is 0.776. The minimum atomic E-state index is 0.172. The molecule has 3 nitrogen and oxygen atoms in total. The van der Waals surface area contributed by atoms with Crippen LogP contribution in [0.1, 0.15) is 38.4 Å². The molecule has 0 aliphatic heterocycles. The number of nitrogens with zero attached hydrogens (tertiary/aromatic N) is 1. The molecule has 0 bridgehead atoms. The van der Waals surface area contributed by atoms with Crippen LogP contribution in [0.3, 0.4) is 0 Å². The second-order valence-corrected chi connectivity index (χ2v) is 4.04. The molecule has 0 unspecified atom stereocenters. The smallest absolute Gasteiger partial charge is 0.127 e. The van der Waals surface area contributed by atoms with Crippen molar-refractivity contribution in [1.29, 1.82) is 0 Å². The maximum Gasteiger partial charge on any atom is 0.127 e. The van der Waals surface area contributed by atoms with Gasteiger partial charge < -0.3 is 9.84 Å². The number of hydrogen-bond donors (Lipinski definition) is 1. The summed E-state index contributed by atoms with van der Waals surface area (Å²) >= 11 is 0. The molecule has 3 heteroatoms. The zero-order valence-corrected chi connectivity index (χ0v) is 8.85. The van der Waals surface area contributed by atoms with Gasteiger partial charge >= 0.3 is 0 Å². The molecule has 0 fully saturated rings. The van der Waals surface area contributed by atoms with E-state index in [-0.39, 0.29) is 5.54 Å². The minimum absolute atomic E-state index is 0.172. The molecule has 1 aromatic rings. The Morgan fingerprint density at radius 2 is 2.23 bits per heavy atom. The Balaban J connectivity index is 2.48. The highest BCUT2D eigenvalue weighted by Crippen LogP contribution is 2.10. The van der Waals surface area contributed by atoms with E-state index < -0.39 is 0 Å². The molecule has 0 saturated heterocycles. The van der Waals surface area contributed by atoms with Crippen molar-refractivity contribution >= 4 is 0 Å². The molecule has 0 spiro atoms. The lowest BCUT2D eigenvalue weighted by Crippen LogP contribution is -2.38.